The van der Waals surface area contributed by atoms with Gasteiger partial charge in [-0.05, 0) is 85.6 Å². The van der Waals surface area contributed by atoms with E-state index in [4.69, 9.17) is 14.2 Å². The number of carbonyl (C=O) groups excluding carboxylic acids is 2. The molecule has 1 aliphatic heterocycles. The van der Waals surface area contributed by atoms with E-state index in [-0.39, 0.29) is 30.1 Å². The molecule has 1 fully saturated rings. The van der Waals surface area contributed by atoms with Gasteiger partial charge >= 0.3 is 0 Å². The van der Waals surface area contributed by atoms with Crippen LogP contribution in [-0.4, -0.2) is 65.9 Å². The van der Waals surface area contributed by atoms with Gasteiger partial charge in [-0.25, -0.2) is 4.98 Å². The minimum Gasteiger partial charge on any atom is -0.508 e. The van der Waals surface area contributed by atoms with Gasteiger partial charge < -0.3 is 30.0 Å². The van der Waals surface area contributed by atoms with E-state index in [0.29, 0.717) is 54.5 Å². The van der Waals surface area contributed by atoms with E-state index in [9.17, 15) is 19.5 Å². The Hall–Kier alpha value is -5.28. The number of phenolic OH excluding ortho intramolecular Hbond substituents is 1. The number of piperidine rings is 1. The second-order valence-electron chi connectivity index (χ2n) is 12.7. The van der Waals surface area contributed by atoms with Gasteiger partial charge in [0.15, 0.2) is 5.75 Å². The molecule has 54 heavy (non-hydrogen) atoms. The van der Waals surface area contributed by atoms with Crippen LogP contribution in [0.4, 0.5) is 0 Å². The number of ether oxygens (including phenoxy) is 3. The van der Waals surface area contributed by atoms with Crippen molar-refractivity contribution in [1.29, 1.82) is 0 Å². The van der Waals surface area contributed by atoms with E-state index in [2.05, 4.69) is 36.9 Å². The van der Waals surface area contributed by atoms with Gasteiger partial charge in [-0.2, -0.15) is 0 Å². The van der Waals surface area contributed by atoms with Crippen molar-refractivity contribution in [2.24, 2.45) is 0 Å². The molecule has 4 aromatic carbocycles. The molecule has 7 rings (SSSR count). The van der Waals surface area contributed by atoms with Crippen molar-refractivity contribution in [2.75, 3.05) is 39.4 Å². The van der Waals surface area contributed by atoms with Crippen LogP contribution in [0.3, 0.4) is 0 Å². The number of aromatic nitrogens is 2. The van der Waals surface area contributed by atoms with Gasteiger partial charge in [-0.15, -0.1) is 11.3 Å². The summed E-state index contributed by atoms with van der Waals surface area (Å²) in [6.45, 7) is 5.25. The number of thiophene rings is 1. The highest BCUT2D eigenvalue weighted by Gasteiger charge is 2.30. The number of nitrogens with zero attached hydrogens (tertiary/aromatic N) is 2. The fourth-order valence-electron chi connectivity index (χ4n) is 6.29. The smallest absolute Gasteiger partial charge is 0.262 e. The highest BCUT2D eigenvalue weighted by Crippen LogP contribution is 2.47. The van der Waals surface area contributed by atoms with Crippen LogP contribution in [0.2, 0.25) is 0 Å². The maximum atomic E-state index is 13.4. The van der Waals surface area contributed by atoms with Crippen LogP contribution in [0.5, 0.6) is 28.7 Å². The summed E-state index contributed by atoms with van der Waals surface area (Å²) in [5.41, 5.74) is 1.13. The molecular formula is C40H38BrN5O7S. The molecule has 1 atom stereocenters. The van der Waals surface area contributed by atoms with Crippen LogP contribution in [-0.2, 0) is 9.59 Å². The highest BCUT2D eigenvalue weighted by atomic mass is 79.9. The first-order chi connectivity index (χ1) is 26.2. The lowest BCUT2D eigenvalue weighted by atomic mass is 10.1. The number of fused-ring (bicyclic) bond motifs is 2. The molecule has 12 nitrogen and oxygen atoms in total. The Balaban J connectivity index is 0.835. The van der Waals surface area contributed by atoms with Gasteiger partial charge in [0.05, 0.1) is 10.3 Å². The SMILES string of the molecule is Cc1nc2c(OCCNCCNCCOc3ccc(Oc4c(-c5ccc(Br)cc5)sc5cc(O)ccc45)cc3)cccc2c(=O)n1C1CCC(=O)NC1=O. The molecular weight excluding hydrogens is 774 g/mol. The van der Waals surface area contributed by atoms with Crippen molar-refractivity contribution in [3.63, 3.8) is 0 Å². The summed E-state index contributed by atoms with van der Waals surface area (Å²) in [4.78, 5) is 43.0. The molecule has 6 aromatic rings. The molecule has 2 amide bonds. The highest BCUT2D eigenvalue weighted by molar-refractivity contribution is 9.10. The number of hydrogen-bond acceptors (Lipinski definition) is 11. The number of rotatable bonds is 15. The third-order valence-corrected chi connectivity index (χ3v) is 10.6. The number of amides is 2. The Bertz CT molecular complexity index is 2360. The Morgan fingerprint density at radius 3 is 2.35 bits per heavy atom. The lowest BCUT2D eigenvalue weighted by Gasteiger charge is -2.24. The largest absolute Gasteiger partial charge is 0.508 e. The van der Waals surface area contributed by atoms with E-state index in [1.807, 2.05) is 54.6 Å². The molecule has 0 aliphatic carbocycles. The molecule has 0 spiro atoms. The lowest BCUT2D eigenvalue weighted by Crippen LogP contribution is -2.45. The first-order valence-corrected chi connectivity index (χ1v) is 19.2. The van der Waals surface area contributed by atoms with Crippen molar-refractivity contribution in [2.45, 2.75) is 25.8 Å². The third kappa shape index (κ3) is 8.42. The van der Waals surface area contributed by atoms with Gasteiger partial charge in [0.2, 0.25) is 11.8 Å². The summed E-state index contributed by atoms with van der Waals surface area (Å²) >= 11 is 5.08. The van der Waals surface area contributed by atoms with Crippen LogP contribution in [0.1, 0.15) is 24.7 Å². The number of phenols is 1. The second-order valence-corrected chi connectivity index (χ2v) is 14.6. The van der Waals surface area contributed by atoms with Gasteiger partial charge in [0.1, 0.15) is 53.6 Å². The van der Waals surface area contributed by atoms with Crippen molar-refractivity contribution in [1.82, 2.24) is 25.5 Å². The maximum absolute atomic E-state index is 13.4. The Morgan fingerprint density at radius 1 is 0.889 bits per heavy atom. The Kier molecular flexibility index (Phi) is 11.5. The minimum absolute atomic E-state index is 0.171. The average molecular weight is 813 g/mol. The summed E-state index contributed by atoms with van der Waals surface area (Å²) in [5, 5.41) is 20.3. The summed E-state index contributed by atoms with van der Waals surface area (Å²) in [6.07, 6.45) is 0.426. The van der Waals surface area contributed by atoms with Crippen molar-refractivity contribution in [3.05, 3.63) is 106 Å². The zero-order chi connectivity index (χ0) is 37.6. The lowest BCUT2D eigenvalue weighted by molar-refractivity contribution is -0.135. The van der Waals surface area contributed by atoms with Crippen molar-refractivity contribution < 1.29 is 28.9 Å². The summed E-state index contributed by atoms with van der Waals surface area (Å²) in [6, 6.07) is 25.3. The van der Waals surface area contributed by atoms with Gasteiger partial charge in [0.25, 0.3) is 5.56 Å². The van der Waals surface area contributed by atoms with Crippen molar-refractivity contribution in [3.8, 4) is 39.2 Å². The van der Waals surface area contributed by atoms with E-state index in [0.717, 1.165) is 49.6 Å². The van der Waals surface area contributed by atoms with Gasteiger partial charge in [-0.3, -0.25) is 24.3 Å². The quantitative estimate of drug-likeness (QED) is 0.0672. The predicted octanol–water partition coefficient (Wildman–Crippen LogP) is 6.46. The number of hydrogen-bond donors (Lipinski definition) is 4. The number of aromatic hydroxyl groups is 1. The normalized spacial score (nSPS) is 14.4. The van der Waals surface area contributed by atoms with Gasteiger partial charge in [0, 0.05) is 47.2 Å². The molecule has 278 valence electrons. The molecule has 3 heterocycles. The van der Waals surface area contributed by atoms with Crippen LogP contribution in [0, 0.1) is 6.92 Å². The number of benzene rings is 4. The maximum Gasteiger partial charge on any atom is 0.262 e. The number of halogens is 1. The molecule has 4 N–H and O–H groups in total. The Morgan fingerprint density at radius 2 is 1.61 bits per heavy atom. The minimum atomic E-state index is -0.775. The molecule has 0 saturated carbocycles. The first kappa shape index (κ1) is 37.1. The molecule has 14 heteroatoms. The molecule has 0 radical (unpaired) electrons. The molecule has 1 saturated heterocycles. The molecule has 1 unspecified atom stereocenters. The first-order valence-electron chi connectivity index (χ1n) is 17.6. The topological polar surface area (TPSA) is 153 Å². The van der Waals surface area contributed by atoms with Crippen LogP contribution in [0.15, 0.2) is 94.2 Å². The van der Waals surface area contributed by atoms with Crippen molar-refractivity contribution >= 4 is 60.1 Å². The molecule has 2 aromatic heterocycles. The van der Waals surface area contributed by atoms with E-state index < -0.39 is 11.9 Å². The second kappa shape index (κ2) is 16.8. The van der Waals surface area contributed by atoms with Crippen LogP contribution >= 0.6 is 27.3 Å². The van der Waals surface area contributed by atoms with E-state index in [1.54, 1.807) is 48.6 Å². The fraction of sp³-hybridized carbons (Fsp3) is 0.250. The monoisotopic (exact) mass is 811 g/mol. The third-order valence-electron chi connectivity index (χ3n) is 8.93. The summed E-state index contributed by atoms with van der Waals surface area (Å²) in [5.74, 6) is 2.43. The number of carbonyl (C=O) groups is 2. The van der Waals surface area contributed by atoms with Gasteiger partial charge in [-0.1, -0.05) is 34.1 Å². The average Bonchev–Trinajstić information content (AvgIpc) is 3.51. The van der Waals surface area contributed by atoms with Crippen LogP contribution < -0.4 is 35.7 Å². The number of aryl methyl sites for hydroxylation is 1. The standard InChI is InChI=1S/C40H38BrN5O7S/c1-24-44-36-31(40(50)46(24)32-15-16-35(48)45-39(32)49)3-2-4-33(36)52-22-20-43-18-17-42-19-21-51-28-10-12-29(13-11-28)53-37-30-14-9-27(47)23-34(30)54-38(37)25-5-7-26(41)8-6-25/h2-14,23,32,42-43,47H,15-22H2,1H3,(H,45,48,49). The van der Waals surface area contributed by atoms with E-state index >= 15 is 0 Å². The van der Waals surface area contributed by atoms with Crippen LogP contribution in [0.25, 0.3) is 31.4 Å². The Labute approximate surface area is 323 Å². The molecule has 1 aliphatic rings. The zero-order valence-corrected chi connectivity index (χ0v) is 31.8. The number of nitrogens with one attached hydrogen (secondary N) is 3. The predicted molar refractivity (Wildman–Crippen MR) is 212 cm³/mol. The zero-order valence-electron chi connectivity index (χ0n) is 29.4. The number of imide groups is 1. The summed E-state index contributed by atoms with van der Waals surface area (Å²) < 4.78 is 21.6. The van der Waals surface area contributed by atoms with E-state index in [1.165, 1.54) is 4.57 Å². The molecule has 0 bridgehead atoms. The summed E-state index contributed by atoms with van der Waals surface area (Å²) in [7, 11) is 0. The fourth-order valence-corrected chi connectivity index (χ4v) is 7.72. The number of para-hydroxylation sites is 1.